The monoisotopic (exact) mass is 804 g/mol. The van der Waals surface area contributed by atoms with Crippen LogP contribution >= 0.6 is 0 Å². The highest BCUT2D eigenvalue weighted by Crippen LogP contribution is 2.38. The largest absolute Gasteiger partial charge is 0.416 e. The molecule has 5 heteroatoms. The van der Waals surface area contributed by atoms with Gasteiger partial charge in [0.2, 0.25) is 11.8 Å². The number of aryl methyl sites for hydroxylation is 1. The molecule has 0 aliphatic rings. The number of hydrogen-bond acceptors (Lipinski definition) is 3. The first-order valence-electron chi connectivity index (χ1n) is 23.2. The summed E-state index contributed by atoms with van der Waals surface area (Å²) in [4.78, 5) is 0. The molecule has 0 N–H and O–H groups in total. The van der Waals surface area contributed by atoms with Crippen LogP contribution in [0.4, 0.5) is 0 Å². The lowest BCUT2D eigenvalue weighted by Crippen LogP contribution is -2.04. The van der Waals surface area contributed by atoms with Crippen LogP contribution in [0, 0.1) is 0 Å². The SMILES string of the molecule is CCCCCCCCCn1c2ccccc2c2cc(-c3ccc(-c4nnc(-c5ccc(-c6ccc7c(c6)c6ccccc6n7C(C)CCCCCCC)cc5)o4)cc3)ccc21. The summed E-state index contributed by atoms with van der Waals surface area (Å²) in [6.07, 6.45) is 17.0. The minimum atomic E-state index is 0.450. The molecule has 0 radical (unpaired) electrons. The van der Waals surface area contributed by atoms with Crippen LogP contribution in [0.3, 0.4) is 0 Å². The summed E-state index contributed by atoms with van der Waals surface area (Å²) in [5.41, 5.74) is 11.8. The maximum Gasteiger partial charge on any atom is 0.248 e. The van der Waals surface area contributed by atoms with Gasteiger partial charge in [0, 0.05) is 67.3 Å². The van der Waals surface area contributed by atoms with Crippen molar-refractivity contribution in [1.82, 2.24) is 19.3 Å². The lowest BCUT2D eigenvalue weighted by Gasteiger charge is -2.17. The zero-order valence-electron chi connectivity index (χ0n) is 36.4. The Hall–Kier alpha value is -5.94. The Morgan fingerprint density at radius 2 is 0.852 bits per heavy atom. The van der Waals surface area contributed by atoms with Crippen molar-refractivity contribution in [2.75, 3.05) is 0 Å². The molecule has 6 aromatic carbocycles. The molecule has 0 fully saturated rings. The summed E-state index contributed by atoms with van der Waals surface area (Å²) < 4.78 is 11.4. The molecule has 310 valence electrons. The fraction of sp³-hybridized carbons (Fsp3) is 0.321. The lowest BCUT2D eigenvalue weighted by atomic mass is 10.0. The van der Waals surface area contributed by atoms with Gasteiger partial charge in [-0.15, -0.1) is 10.2 Å². The number of fused-ring (bicyclic) bond motifs is 6. The number of para-hydroxylation sites is 2. The molecule has 5 nitrogen and oxygen atoms in total. The van der Waals surface area contributed by atoms with Crippen molar-refractivity contribution in [3.8, 4) is 45.2 Å². The van der Waals surface area contributed by atoms with E-state index >= 15 is 0 Å². The Bertz CT molecular complexity index is 2860. The highest BCUT2D eigenvalue weighted by Gasteiger charge is 2.17. The van der Waals surface area contributed by atoms with E-state index in [1.165, 1.54) is 144 Å². The number of unbranched alkanes of at least 4 members (excludes halogenated alkanes) is 10. The second-order valence-corrected chi connectivity index (χ2v) is 17.3. The van der Waals surface area contributed by atoms with Crippen LogP contribution < -0.4 is 0 Å². The van der Waals surface area contributed by atoms with Gasteiger partial charge in [0.15, 0.2) is 0 Å². The summed E-state index contributed by atoms with van der Waals surface area (Å²) in [5, 5.41) is 14.2. The highest BCUT2D eigenvalue weighted by molar-refractivity contribution is 6.10. The van der Waals surface area contributed by atoms with E-state index in [1.807, 2.05) is 0 Å². The van der Waals surface area contributed by atoms with E-state index in [0.717, 1.165) is 23.2 Å². The third kappa shape index (κ3) is 8.53. The molecule has 0 amide bonds. The first kappa shape index (κ1) is 40.5. The van der Waals surface area contributed by atoms with E-state index in [-0.39, 0.29) is 0 Å². The van der Waals surface area contributed by atoms with Crippen LogP contribution in [0.25, 0.3) is 88.8 Å². The van der Waals surface area contributed by atoms with E-state index in [2.05, 4.69) is 174 Å². The smallest absolute Gasteiger partial charge is 0.248 e. The van der Waals surface area contributed by atoms with E-state index in [1.54, 1.807) is 0 Å². The van der Waals surface area contributed by atoms with Crippen LogP contribution in [0.2, 0.25) is 0 Å². The van der Waals surface area contributed by atoms with Crippen LogP contribution in [-0.2, 0) is 6.54 Å². The molecule has 9 rings (SSSR count). The number of nitrogens with zero attached hydrogens (tertiary/aromatic N) is 4. The standard InChI is InChI=1S/C56H60N4O/c1-4-6-8-10-11-13-19-37-59-51-23-17-15-21-47(51)49-38-45(33-35-52(49)59)41-25-29-43(30-26-41)55-57-58-56(61-55)44-31-27-42(28-32-44)46-34-36-54-50(39-46)48-22-16-18-24-53(48)60(54)40(3)20-14-12-9-7-5-2/h15-18,21-36,38-40H,4-14,19-20,37H2,1-3H3. The Balaban J connectivity index is 0.892. The Morgan fingerprint density at radius 1 is 0.426 bits per heavy atom. The molecule has 1 atom stereocenters. The molecule has 0 spiro atoms. The molecule has 0 aliphatic heterocycles. The van der Waals surface area contributed by atoms with Crippen LogP contribution in [-0.4, -0.2) is 19.3 Å². The Morgan fingerprint density at radius 3 is 1.46 bits per heavy atom. The number of hydrogen-bond donors (Lipinski definition) is 0. The van der Waals surface area contributed by atoms with Crippen molar-refractivity contribution < 1.29 is 4.42 Å². The van der Waals surface area contributed by atoms with Crippen molar-refractivity contribution in [1.29, 1.82) is 0 Å². The van der Waals surface area contributed by atoms with Gasteiger partial charge in [-0.3, -0.25) is 0 Å². The van der Waals surface area contributed by atoms with E-state index in [0.29, 0.717) is 17.8 Å². The van der Waals surface area contributed by atoms with Crippen molar-refractivity contribution in [3.05, 3.63) is 133 Å². The summed E-state index contributed by atoms with van der Waals surface area (Å²) >= 11 is 0. The zero-order valence-corrected chi connectivity index (χ0v) is 36.4. The molecule has 1 unspecified atom stereocenters. The molecule has 3 heterocycles. The van der Waals surface area contributed by atoms with Gasteiger partial charge in [0.1, 0.15) is 0 Å². The second-order valence-electron chi connectivity index (χ2n) is 17.3. The quantitative estimate of drug-likeness (QED) is 0.0765. The van der Waals surface area contributed by atoms with Gasteiger partial charge in [0.05, 0.1) is 0 Å². The number of benzene rings is 6. The van der Waals surface area contributed by atoms with Crippen molar-refractivity contribution in [2.24, 2.45) is 0 Å². The lowest BCUT2D eigenvalue weighted by molar-refractivity contribution is 0.489. The van der Waals surface area contributed by atoms with Crippen molar-refractivity contribution >= 4 is 43.6 Å². The van der Waals surface area contributed by atoms with Gasteiger partial charge in [-0.25, -0.2) is 0 Å². The molecular formula is C56H60N4O. The average molecular weight is 805 g/mol. The number of aromatic nitrogens is 4. The first-order chi connectivity index (χ1) is 30.1. The zero-order chi connectivity index (χ0) is 41.5. The Labute approximate surface area is 361 Å². The highest BCUT2D eigenvalue weighted by atomic mass is 16.4. The molecule has 0 aliphatic carbocycles. The second kappa shape index (κ2) is 18.8. The normalized spacial score (nSPS) is 12.4. The summed E-state index contributed by atoms with van der Waals surface area (Å²) in [7, 11) is 0. The van der Waals surface area contributed by atoms with Gasteiger partial charge < -0.3 is 13.6 Å². The fourth-order valence-corrected chi connectivity index (χ4v) is 9.60. The van der Waals surface area contributed by atoms with Gasteiger partial charge >= 0.3 is 0 Å². The van der Waals surface area contributed by atoms with Gasteiger partial charge in [0.25, 0.3) is 0 Å². The Kier molecular flexibility index (Phi) is 12.4. The summed E-state index contributed by atoms with van der Waals surface area (Å²) in [6.45, 7) is 8.01. The molecule has 61 heavy (non-hydrogen) atoms. The number of rotatable bonds is 19. The summed E-state index contributed by atoms with van der Waals surface area (Å²) in [5.74, 6) is 1.04. The van der Waals surface area contributed by atoms with Gasteiger partial charge in [-0.2, -0.15) is 0 Å². The first-order valence-corrected chi connectivity index (χ1v) is 23.2. The van der Waals surface area contributed by atoms with Crippen LogP contribution in [0.15, 0.2) is 138 Å². The average Bonchev–Trinajstić information content (AvgIpc) is 4.02. The summed E-state index contributed by atoms with van der Waals surface area (Å²) in [6, 6.07) is 49.1. The molecule has 9 aromatic rings. The van der Waals surface area contributed by atoms with E-state index < -0.39 is 0 Å². The van der Waals surface area contributed by atoms with Gasteiger partial charge in [-0.1, -0.05) is 157 Å². The molecule has 0 saturated carbocycles. The predicted molar refractivity (Wildman–Crippen MR) is 258 cm³/mol. The van der Waals surface area contributed by atoms with Gasteiger partial charge in [-0.05, 0) is 103 Å². The van der Waals surface area contributed by atoms with Crippen molar-refractivity contribution in [3.63, 3.8) is 0 Å². The fourth-order valence-electron chi connectivity index (χ4n) is 9.60. The maximum atomic E-state index is 6.27. The van der Waals surface area contributed by atoms with E-state index in [4.69, 9.17) is 4.42 Å². The topological polar surface area (TPSA) is 48.8 Å². The van der Waals surface area contributed by atoms with Crippen molar-refractivity contribution in [2.45, 2.75) is 117 Å². The molecule has 3 aromatic heterocycles. The minimum absolute atomic E-state index is 0.450. The minimum Gasteiger partial charge on any atom is -0.416 e. The van der Waals surface area contributed by atoms with Crippen LogP contribution in [0.1, 0.15) is 110 Å². The third-order valence-corrected chi connectivity index (χ3v) is 13.0. The predicted octanol–water partition coefficient (Wildman–Crippen LogP) is 16.6. The molecule has 0 saturated heterocycles. The maximum absolute atomic E-state index is 6.27. The van der Waals surface area contributed by atoms with E-state index in [9.17, 15) is 0 Å². The third-order valence-electron chi connectivity index (χ3n) is 13.0. The van der Waals surface area contributed by atoms with Crippen LogP contribution in [0.5, 0.6) is 0 Å². The molecule has 0 bridgehead atoms. The molecular weight excluding hydrogens is 745 g/mol.